The molecule has 404 valence electrons. The molecule has 1 aromatic heterocycles. The fourth-order valence-electron chi connectivity index (χ4n) is 22.7. The van der Waals surface area contributed by atoms with E-state index in [9.17, 15) is 25.5 Å². The van der Waals surface area contributed by atoms with Gasteiger partial charge in [-0.1, -0.05) is 112 Å². The van der Waals surface area contributed by atoms with E-state index >= 15 is 9.59 Å². The van der Waals surface area contributed by atoms with Crippen molar-refractivity contribution in [2.45, 2.75) is 192 Å². The van der Waals surface area contributed by atoms with Gasteiger partial charge < -0.3 is 14.7 Å². The average molecular weight is 1020 g/mol. The number of ketones is 3. The Morgan fingerprint density at radius 3 is 1.81 bits per heavy atom. The van der Waals surface area contributed by atoms with Gasteiger partial charge in [-0.2, -0.15) is 15.5 Å². The molecule has 75 heavy (non-hydrogen) atoms. The number of aliphatic hydroxyl groups excluding tert-OH is 2. The van der Waals surface area contributed by atoms with Crippen LogP contribution in [0.25, 0.3) is 0 Å². The molecule has 10 aliphatic rings. The zero-order valence-electron chi connectivity index (χ0n) is 47.8. The molecular formula is C65H88N4O6. The Morgan fingerprint density at radius 2 is 1.25 bits per heavy atom. The fourth-order valence-corrected chi connectivity index (χ4v) is 22.7. The van der Waals surface area contributed by atoms with Crippen LogP contribution in [0.1, 0.15) is 185 Å². The van der Waals surface area contributed by atoms with Crippen molar-refractivity contribution >= 4 is 17.3 Å². The van der Waals surface area contributed by atoms with E-state index in [1.807, 2.05) is 32.9 Å². The lowest BCUT2D eigenvalue weighted by Crippen LogP contribution is -2.66. The van der Waals surface area contributed by atoms with Crippen LogP contribution in [0.5, 0.6) is 0 Å². The van der Waals surface area contributed by atoms with E-state index in [0.29, 0.717) is 48.4 Å². The maximum Gasteiger partial charge on any atom is 0.227 e. The van der Waals surface area contributed by atoms with Gasteiger partial charge in [0.25, 0.3) is 0 Å². The van der Waals surface area contributed by atoms with Crippen LogP contribution in [-0.2, 0) is 20.8 Å². The topological polar surface area (TPSA) is 178 Å². The van der Waals surface area contributed by atoms with Crippen LogP contribution in [0, 0.1) is 143 Å². The Bertz CT molecular complexity index is 2860. The molecule has 10 heteroatoms. The SMILES string of the molecule is Cc1noc(C[C@]23CC[C@@H](C)[C@H](C)[C@H]2[C@H]2C(=O)C=C4[C@@]5(C)C=C(C#N)C(O)C(C)(C[C@@H]6CC[C@]7(CCO)CC[C@]8(C)[C@H](C(=O)C=C9[C@@]%10(C)C=C(C#N)C(=O)C(C)(C)[C@@H]%10CC[C@]98C)[C@@H]7[C@H]6C)[C@@H]5CC[C@@]4(C)[C@]2(C)CC3)n1. The van der Waals surface area contributed by atoms with E-state index in [0.717, 1.165) is 88.2 Å². The molecule has 11 rings (SSSR count). The van der Waals surface area contributed by atoms with E-state index < -0.39 is 33.2 Å². The first-order chi connectivity index (χ1) is 35.1. The van der Waals surface area contributed by atoms with E-state index in [1.165, 1.54) is 0 Å². The van der Waals surface area contributed by atoms with Gasteiger partial charge in [-0.15, -0.1) is 0 Å². The zero-order chi connectivity index (χ0) is 54.2. The second-order valence-electron chi connectivity index (χ2n) is 29.9. The van der Waals surface area contributed by atoms with Gasteiger partial charge in [0.15, 0.2) is 23.2 Å². The lowest BCUT2D eigenvalue weighted by molar-refractivity contribution is -0.188. The minimum absolute atomic E-state index is 0.0107. The van der Waals surface area contributed by atoms with Crippen LogP contribution in [-0.4, -0.2) is 50.4 Å². The number of aromatic nitrogens is 2. The van der Waals surface area contributed by atoms with Gasteiger partial charge in [0.1, 0.15) is 6.07 Å². The van der Waals surface area contributed by atoms with Crippen molar-refractivity contribution in [1.29, 1.82) is 10.5 Å². The summed E-state index contributed by atoms with van der Waals surface area (Å²) in [6.45, 7) is 29.4. The van der Waals surface area contributed by atoms with Gasteiger partial charge in [0.2, 0.25) is 5.89 Å². The molecule has 0 aromatic carbocycles. The summed E-state index contributed by atoms with van der Waals surface area (Å²) in [5.74, 6) is 2.25. The zero-order valence-corrected chi connectivity index (χ0v) is 47.8. The summed E-state index contributed by atoms with van der Waals surface area (Å²) in [4.78, 5) is 49.6. The summed E-state index contributed by atoms with van der Waals surface area (Å²) in [7, 11) is 0. The summed E-state index contributed by atoms with van der Waals surface area (Å²) in [6, 6.07) is 4.77. The van der Waals surface area contributed by atoms with Crippen LogP contribution in [0.15, 0.2) is 51.1 Å². The molecule has 0 aliphatic heterocycles. The molecule has 0 radical (unpaired) electrons. The van der Waals surface area contributed by atoms with Gasteiger partial charge in [-0.05, 0) is 189 Å². The molecule has 10 nitrogen and oxygen atoms in total. The highest BCUT2D eigenvalue weighted by Crippen LogP contribution is 2.78. The first-order valence-electron chi connectivity index (χ1n) is 29.5. The summed E-state index contributed by atoms with van der Waals surface area (Å²) in [5, 5.41) is 49.3. The number of carbonyl (C=O) groups excluding carboxylic acids is 3. The molecule has 1 heterocycles. The Hall–Kier alpha value is -3.99. The van der Waals surface area contributed by atoms with Crippen molar-refractivity contribution in [2.75, 3.05) is 6.61 Å². The quantitative estimate of drug-likeness (QED) is 0.279. The summed E-state index contributed by atoms with van der Waals surface area (Å²) in [5.41, 5.74) is -1.65. The Morgan fingerprint density at radius 1 is 0.693 bits per heavy atom. The maximum atomic E-state index is 15.6. The lowest BCUT2D eigenvalue weighted by Gasteiger charge is -2.71. The van der Waals surface area contributed by atoms with Crippen molar-refractivity contribution in [3.8, 4) is 12.1 Å². The number of aliphatic hydroxyl groups is 2. The van der Waals surface area contributed by atoms with Crippen LogP contribution in [0.2, 0.25) is 0 Å². The lowest BCUT2D eigenvalue weighted by atomic mass is 9.32. The average Bonchev–Trinajstić information content (AvgIpc) is 3.85. The highest BCUT2D eigenvalue weighted by atomic mass is 16.5. The molecular weight excluding hydrogens is 933 g/mol. The van der Waals surface area contributed by atoms with Crippen LogP contribution in [0.3, 0.4) is 0 Å². The highest BCUT2D eigenvalue weighted by molar-refractivity contribution is 6.04. The third-order valence-electron chi connectivity index (χ3n) is 27.0. The largest absolute Gasteiger partial charge is 0.396 e. The molecule has 1 aromatic rings. The smallest absolute Gasteiger partial charge is 0.227 e. The van der Waals surface area contributed by atoms with Crippen LogP contribution < -0.4 is 0 Å². The number of Topliss-reactive ketones (excluding diaryl/α,β-unsaturated/α-hetero) is 1. The summed E-state index contributed by atoms with van der Waals surface area (Å²) in [6.07, 6.45) is 20.2. The number of nitrogens with zero attached hydrogens (tertiary/aromatic N) is 4. The van der Waals surface area contributed by atoms with Crippen LogP contribution in [0.4, 0.5) is 0 Å². The second-order valence-corrected chi connectivity index (χ2v) is 29.9. The third-order valence-corrected chi connectivity index (χ3v) is 27.0. The molecule has 2 unspecified atom stereocenters. The van der Waals surface area contributed by atoms with E-state index in [4.69, 9.17) is 9.51 Å². The van der Waals surface area contributed by atoms with E-state index in [-0.39, 0.29) is 104 Å². The first-order valence-corrected chi connectivity index (χ1v) is 29.5. The number of hydrogen-bond acceptors (Lipinski definition) is 10. The first kappa shape index (κ1) is 53.0. The van der Waals surface area contributed by atoms with Gasteiger partial charge >= 0.3 is 0 Å². The molecule has 0 spiro atoms. The number of carbonyl (C=O) groups is 3. The molecule has 0 amide bonds. The van der Waals surface area contributed by atoms with Crippen molar-refractivity contribution in [2.24, 2.45) is 113 Å². The third kappa shape index (κ3) is 6.63. The fraction of sp³-hybridized carbons (Fsp3) is 0.769. The van der Waals surface area contributed by atoms with Gasteiger partial charge in [-0.3, -0.25) is 14.4 Å². The van der Waals surface area contributed by atoms with Gasteiger partial charge in [-0.25, -0.2) is 0 Å². The number of hydrogen-bond donors (Lipinski definition) is 2. The van der Waals surface area contributed by atoms with Crippen molar-refractivity contribution in [3.05, 3.63) is 58.3 Å². The predicted molar refractivity (Wildman–Crippen MR) is 286 cm³/mol. The molecule has 2 N–H and O–H groups in total. The summed E-state index contributed by atoms with van der Waals surface area (Å²) >= 11 is 0. The number of nitriles is 2. The number of rotatable bonds is 6. The second kappa shape index (κ2) is 16.8. The minimum atomic E-state index is -0.982. The number of allylic oxidation sites excluding steroid dienone is 7. The van der Waals surface area contributed by atoms with Crippen molar-refractivity contribution in [1.82, 2.24) is 10.1 Å². The van der Waals surface area contributed by atoms with Crippen LogP contribution >= 0.6 is 0 Å². The van der Waals surface area contributed by atoms with E-state index in [1.54, 1.807) is 0 Å². The molecule has 6 fully saturated rings. The Balaban J connectivity index is 0.956. The number of fused-ring (bicyclic) bond motifs is 14. The molecule has 0 saturated heterocycles. The highest BCUT2D eigenvalue weighted by Gasteiger charge is 2.73. The molecule has 20 atom stereocenters. The standard InChI is InChI=1S/C65H88N4O6/c1-36-14-20-65(33-49-68-39(4)69-75-49)25-23-63(13)52(50(65)37(36)2)43(71)29-48-58(8)32-42(35-67)55(74)59(9,46(58)17-19-61(48,63)11)30-40-15-21-64(26-27-70)24-22-62(12)53(51(64)38(40)3)44(72)28-47-57(7)31-41(34-66)54(73)56(5,6)45(57)16-18-60(47,62)10/h28-29,31-32,36-38,40,45-46,50-53,55,70,74H,14-27,30,33H2,1-13H3/t36-,37+,38+,40+,45+,46-,50+,51+,52-,53-,55?,57+,58+,59?,60-,61-,62-,63-,64-,65-/m1/s1. The van der Waals surface area contributed by atoms with Crippen molar-refractivity contribution in [3.63, 3.8) is 0 Å². The summed E-state index contributed by atoms with van der Waals surface area (Å²) < 4.78 is 5.82. The van der Waals surface area contributed by atoms with E-state index in [2.05, 4.69) is 98.7 Å². The monoisotopic (exact) mass is 1020 g/mol. The maximum absolute atomic E-state index is 15.6. The molecule has 0 bridgehead atoms. The number of aryl methyl sites for hydroxylation is 1. The van der Waals surface area contributed by atoms with Gasteiger partial charge in [0.05, 0.1) is 23.3 Å². The molecule has 6 saturated carbocycles. The minimum Gasteiger partial charge on any atom is -0.396 e. The Labute approximate surface area is 448 Å². The molecule has 10 aliphatic carbocycles. The normalized spacial score (nSPS) is 50.5. The van der Waals surface area contributed by atoms with Crippen molar-refractivity contribution < 1.29 is 29.1 Å². The van der Waals surface area contributed by atoms with Gasteiger partial charge in [0, 0.05) is 46.5 Å². The predicted octanol–water partition coefficient (Wildman–Crippen LogP) is 12.6. The Kier molecular flexibility index (Phi) is 11.9.